The standard InChI is InChI=1S/C10H15N3/c1-4-10(6-5-9(2)3)13-11-7-8-12-13/h4-9H,1-3H3/b6-5-,10-4+. The molecule has 0 fully saturated rings. The predicted molar refractivity (Wildman–Crippen MR) is 53.9 cm³/mol. The van der Waals surface area contributed by atoms with Crippen molar-refractivity contribution < 1.29 is 0 Å². The average molecular weight is 177 g/mol. The van der Waals surface area contributed by atoms with Crippen molar-refractivity contribution in [2.75, 3.05) is 0 Å². The lowest BCUT2D eigenvalue weighted by Crippen LogP contribution is -1.98. The van der Waals surface area contributed by atoms with Crippen LogP contribution in [0.5, 0.6) is 0 Å². The van der Waals surface area contributed by atoms with Crippen LogP contribution in [-0.2, 0) is 0 Å². The lowest BCUT2D eigenvalue weighted by atomic mass is 10.2. The Morgan fingerprint density at radius 1 is 1.31 bits per heavy atom. The summed E-state index contributed by atoms with van der Waals surface area (Å²) in [6, 6.07) is 0. The molecular formula is C10H15N3. The molecule has 1 rings (SSSR count). The second-order valence-corrected chi connectivity index (χ2v) is 3.14. The first kappa shape index (κ1) is 9.71. The zero-order valence-corrected chi connectivity index (χ0v) is 8.31. The highest BCUT2D eigenvalue weighted by atomic mass is 15.5. The summed E-state index contributed by atoms with van der Waals surface area (Å²) in [6.07, 6.45) is 9.49. The van der Waals surface area contributed by atoms with E-state index in [2.05, 4.69) is 30.1 Å². The molecule has 0 saturated heterocycles. The molecule has 0 amide bonds. The fraction of sp³-hybridized carbons (Fsp3) is 0.400. The topological polar surface area (TPSA) is 30.7 Å². The third kappa shape index (κ3) is 2.86. The minimum absolute atomic E-state index is 0.547. The van der Waals surface area contributed by atoms with Crippen molar-refractivity contribution in [3.8, 4) is 0 Å². The highest BCUT2D eigenvalue weighted by molar-refractivity contribution is 5.54. The monoisotopic (exact) mass is 177 g/mol. The van der Waals surface area contributed by atoms with Crippen molar-refractivity contribution >= 4 is 5.70 Å². The summed E-state index contributed by atoms with van der Waals surface area (Å²) in [5, 5.41) is 8.10. The summed E-state index contributed by atoms with van der Waals surface area (Å²) in [7, 11) is 0. The highest BCUT2D eigenvalue weighted by Crippen LogP contribution is 2.04. The Balaban J connectivity index is 2.77. The SMILES string of the molecule is C/C=C(\C=C/C(C)C)n1nccn1. The Morgan fingerprint density at radius 3 is 2.38 bits per heavy atom. The maximum absolute atomic E-state index is 4.05. The van der Waals surface area contributed by atoms with Gasteiger partial charge in [-0.3, -0.25) is 0 Å². The molecule has 0 unspecified atom stereocenters. The smallest absolute Gasteiger partial charge is 0.0810 e. The first-order valence-corrected chi connectivity index (χ1v) is 4.45. The van der Waals surface area contributed by atoms with Gasteiger partial charge in [0, 0.05) is 0 Å². The van der Waals surface area contributed by atoms with Gasteiger partial charge in [-0.1, -0.05) is 26.0 Å². The van der Waals surface area contributed by atoms with Crippen molar-refractivity contribution in [2.45, 2.75) is 20.8 Å². The van der Waals surface area contributed by atoms with Crippen LogP contribution < -0.4 is 0 Å². The van der Waals surface area contributed by atoms with Crippen LogP contribution in [0.25, 0.3) is 5.70 Å². The van der Waals surface area contributed by atoms with Crippen molar-refractivity contribution in [1.29, 1.82) is 0 Å². The minimum atomic E-state index is 0.547. The number of hydrogen-bond acceptors (Lipinski definition) is 2. The van der Waals surface area contributed by atoms with Crippen molar-refractivity contribution in [3.63, 3.8) is 0 Å². The van der Waals surface area contributed by atoms with Gasteiger partial charge in [-0.15, -0.1) is 0 Å². The number of allylic oxidation sites excluding steroid dienone is 4. The molecule has 0 radical (unpaired) electrons. The Bertz CT molecular complexity index is 294. The van der Waals surface area contributed by atoms with Crippen LogP contribution in [0, 0.1) is 5.92 Å². The van der Waals surface area contributed by atoms with E-state index in [1.807, 2.05) is 19.1 Å². The van der Waals surface area contributed by atoms with E-state index in [1.54, 1.807) is 17.2 Å². The zero-order valence-electron chi connectivity index (χ0n) is 8.31. The van der Waals surface area contributed by atoms with E-state index in [-0.39, 0.29) is 0 Å². The van der Waals surface area contributed by atoms with Crippen LogP contribution in [-0.4, -0.2) is 15.0 Å². The molecule has 0 aliphatic heterocycles. The Morgan fingerprint density at radius 2 is 1.92 bits per heavy atom. The van der Waals surface area contributed by atoms with Gasteiger partial charge in [0.25, 0.3) is 0 Å². The average Bonchev–Trinajstić information content (AvgIpc) is 2.58. The summed E-state index contributed by atoms with van der Waals surface area (Å²) in [5.74, 6) is 0.547. The van der Waals surface area contributed by atoms with Crippen LogP contribution in [0.4, 0.5) is 0 Å². The molecule has 1 aromatic rings. The van der Waals surface area contributed by atoms with Crippen molar-refractivity contribution in [3.05, 3.63) is 30.6 Å². The summed E-state index contributed by atoms with van der Waals surface area (Å²) in [6.45, 7) is 6.25. The molecule has 13 heavy (non-hydrogen) atoms. The molecule has 3 nitrogen and oxygen atoms in total. The normalized spacial score (nSPS) is 13.1. The fourth-order valence-electron chi connectivity index (χ4n) is 0.918. The van der Waals surface area contributed by atoms with E-state index in [4.69, 9.17) is 0 Å². The second kappa shape index (κ2) is 4.60. The van der Waals surface area contributed by atoms with Gasteiger partial charge in [0.15, 0.2) is 0 Å². The second-order valence-electron chi connectivity index (χ2n) is 3.14. The van der Waals surface area contributed by atoms with Crippen LogP contribution >= 0.6 is 0 Å². The van der Waals surface area contributed by atoms with Crippen LogP contribution in [0.15, 0.2) is 30.6 Å². The summed E-state index contributed by atoms with van der Waals surface area (Å²) >= 11 is 0. The molecule has 0 saturated carbocycles. The van der Waals surface area contributed by atoms with Gasteiger partial charge >= 0.3 is 0 Å². The molecule has 70 valence electrons. The minimum Gasteiger partial charge on any atom is -0.157 e. The largest absolute Gasteiger partial charge is 0.157 e. The lowest BCUT2D eigenvalue weighted by Gasteiger charge is -1.99. The third-order valence-corrected chi connectivity index (χ3v) is 1.60. The molecule has 3 heteroatoms. The van der Waals surface area contributed by atoms with E-state index in [9.17, 15) is 0 Å². The molecule has 0 N–H and O–H groups in total. The molecule has 0 aliphatic carbocycles. The van der Waals surface area contributed by atoms with Gasteiger partial charge in [0.1, 0.15) is 0 Å². The number of rotatable bonds is 3. The molecule has 1 heterocycles. The number of hydrogen-bond donors (Lipinski definition) is 0. The maximum atomic E-state index is 4.05. The molecule has 0 atom stereocenters. The first-order valence-electron chi connectivity index (χ1n) is 4.45. The van der Waals surface area contributed by atoms with Gasteiger partial charge in [-0.05, 0) is 18.9 Å². The van der Waals surface area contributed by atoms with E-state index in [1.165, 1.54) is 0 Å². The third-order valence-electron chi connectivity index (χ3n) is 1.60. The lowest BCUT2D eigenvalue weighted by molar-refractivity contribution is 0.771. The molecule has 1 aromatic heterocycles. The summed E-state index contributed by atoms with van der Waals surface area (Å²) in [4.78, 5) is 1.61. The van der Waals surface area contributed by atoms with E-state index < -0.39 is 0 Å². The number of aromatic nitrogens is 3. The quantitative estimate of drug-likeness (QED) is 0.663. The Hall–Kier alpha value is -1.38. The van der Waals surface area contributed by atoms with Crippen LogP contribution in [0.1, 0.15) is 20.8 Å². The maximum Gasteiger partial charge on any atom is 0.0810 e. The van der Waals surface area contributed by atoms with Gasteiger partial charge in [0.05, 0.1) is 18.1 Å². The van der Waals surface area contributed by atoms with Gasteiger partial charge in [-0.25, -0.2) is 0 Å². The molecular weight excluding hydrogens is 162 g/mol. The molecule has 0 aromatic carbocycles. The molecule has 0 aliphatic rings. The first-order chi connectivity index (χ1) is 6.24. The van der Waals surface area contributed by atoms with Gasteiger partial charge in [0.2, 0.25) is 0 Å². The summed E-state index contributed by atoms with van der Waals surface area (Å²) in [5.41, 5.74) is 0.999. The predicted octanol–water partition coefficient (Wildman–Crippen LogP) is 2.35. The molecule has 0 spiro atoms. The number of nitrogens with zero attached hydrogens (tertiary/aromatic N) is 3. The van der Waals surface area contributed by atoms with E-state index in [0.717, 1.165) is 5.70 Å². The van der Waals surface area contributed by atoms with E-state index >= 15 is 0 Å². The molecule has 0 bridgehead atoms. The van der Waals surface area contributed by atoms with Crippen LogP contribution in [0.3, 0.4) is 0 Å². The van der Waals surface area contributed by atoms with Crippen molar-refractivity contribution in [2.24, 2.45) is 5.92 Å². The van der Waals surface area contributed by atoms with Gasteiger partial charge < -0.3 is 0 Å². The summed E-state index contributed by atoms with van der Waals surface area (Å²) < 4.78 is 0. The Labute approximate surface area is 78.8 Å². The fourth-order valence-corrected chi connectivity index (χ4v) is 0.918. The van der Waals surface area contributed by atoms with E-state index in [0.29, 0.717) is 5.92 Å². The van der Waals surface area contributed by atoms with Crippen LogP contribution in [0.2, 0.25) is 0 Å². The highest BCUT2D eigenvalue weighted by Gasteiger charge is 1.95. The zero-order chi connectivity index (χ0) is 9.68. The van der Waals surface area contributed by atoms with Gasteiger partial charge in [-0.2, -0.15) is 15.0 Å². The van der Waals surface area contributed by atoms with Crippen molar-refractivity contribution in [1.82, 2.24) is 15.0 Å². The Kier molecular flexibility index (Phi) is 3.43.